The maximum atomic E-state index is 12.0. The minimum Gasteiger partial charge on any atom is -0.302 e. The standard InChI is InChI=1S/C15H19N3OS/c1-18(8-10-6-7-10)9-12-11-4-2-3-5-13(11)20-14(12)15(19)17-16/h2-5,10H,6-9,16H2,1H3,(H,17,19). The monoisotopic (exact) mass is 289 g/mol. The van der Waals surface area contributed by atoms with Gasteiger partial charge in [0.1, 0.15) is 0 Å². The predicted molar refractivity (Wildman–Crippen MR) is 82.5 cm³/mol. The number of carbonyl (C=O) groups excluding carboxylic acids is 1. The summed E-state index contributed by atoms with van der Waals surface area (Å²) in [4.78, 5) is 15.0. The van der Waals surface area contributed by atoms with Gasteiger partial charge in [-0.25, -0.2) is 5.84 Å². The van der Waals surface area contributed by atoms with Crippen molar-refractivity contribution in [2.24, 2.45) is 11.8 Å². The number of fused-ring (bicyclic) bond motifs is 1. The van der Waals surface area contributed by atoms with E-state index in [9.17, 15) is 4.79 Å². The molecule has 106 valence electrons. The van der Waals surface area contributed by atoms with E-state index in [2.05, 4.69) is 29.5 Å². The molecule has 20 heavy (non-hydrogen) atoms. The van der Waals surface area contributed by atoms with Crippen molar-refractivity contribution < 1.29 is 4.79 Å². The Kier molecular flexibility index (Phi) is 3.74. The first kappa shape index (κ1) is 13.5. The average Bonchev–Trinajstić information content (AvgIpc) is 3.19. The van der Waals surface area contributed by atoms with Gasteiger partial charge in [0.25, 0.3) is 5.91 Å². The number of amides is 1. The lowest BCUT2D eigenvalue weighted by Gasteiger charge is -2.16. The van der Waals surface area contributed by atoms with Crippen LogP contribution < -0.4 is 11.3 Å². The predicted octanol–water partition coefficient (Wildman–Crippen LogP) is 2.35. The Labute approximate surface area is 122 Å². The quantitative estimate of drug-likeness (QED) is 0.504. The van der Waals surface area contributed by atoms with Crippen molar-refractivity contribution >= 4 is 27.3 Å². The number of hydrogen-bond acceptors (Lipinski definition) is 4. The van der Waals surface area contributed by atoms with Crippen molar-refractivity contribution in [3.05, 3.63) is 34.7 Å². The van der Waals surface area contributed by atoms with E-state index in [1.165, 1.54) is 29.6 Å². The van der Waals surface area contributed by atoms with E-state index in [1.54, 1.807) is 0 Å². The Bertz CT molecular complexity index is 633. The van der Waals surface area contributed by atoms with Gasteiger partial charge in [-0.3, -0.25) is 10.2 Å². The van der Waals surface area contributed by atoms with Gasteiger partial charge in [0.05, 0.1) is 4.88 Å². The summed E-state index contributed by atoms with van der Waals surface area (Å²) in [5.41, 5.74) is 3.36. The Morgan fingerprint density at radius 3 is 2.90 bits per heavy atom. The average molecular weight is 289 g/mol. The molecule has 1 aromatic carbocycles. The summed E-state index contributed by atoms with van der Waals surface area (Å²) in [5.74, 6) is 5.96. The first-order chi connectivity index (χ1) is 9.69. The third-order valence-corrected chi connectivity index (χ3v) is 4.94. The first-order valence-electron chi connectivity index (χ1n) is 6.89. The van der Waals surface area contributed by atoms with Crippen LogP contribution in [0.4, 0.5) is 0 Å². The van der Waals surface area contributed by atoms with Gasteiger partial charge in [0.2, 0.25) is 0 Å². The second kappa shape index (κ2) is 5.52. The van der Waals surface area contributed by atoms with Crippen LogP contribution in [0.1, 0.15) is 28.1 Å². The van der Waals surface area contributed by atoms with Crippen LogP contribution in [-0.4, -0.2) is 24.4 Å². The minimum absolute atomic E-state index is 0.193. The molecule has 0 saturated heterocycles. The van der Waals surface area contributed by atoms with E-state index in [4.69, 9.17) is 5.84 Å². The minimum atomic E-state index is -0.193. The number of thiophene rings is 1. The second-order valence-electron chi connectivity index (χ2n) is 5.52. The maximum Gasteiger partial charge on any atom is 0.275 e. The molecule has 0 atom stereocenters. The fraction of sp³-hybridized carbons (Fsp3) is 0.400. The molecule has 1 aliphatic rings. The molecule has 1 aromatic heterocycles. The zero-order chi connectivity index (χ0) is 14.1. The summed E-state index contributed by atoms with van der Waals surface area (Å²) >= 11 is 1.51. The molecule has 1 fully saturated rings. The second-order valence-corrected chi connectivity index (χ2v) is 6.57. The number of rotatable bonds is 5. The molecule has 5 heteroatoms. The summed E-state index contributed by atoms with van der Waals surface area (Å²) in [6.45, 7) is 1.90. The molecule has 3 rings (SSSR count). The van der Waals surface area contributed by atoms with Crippen LogP contribution in [0.25, 0.3) is 10.1 Å². The number of nitrogen functional groups attached to an aromatic ring is 1. The van der Waals surface area contributed by atoms with Crippen molar-refractivity contribution in [1.29, 1.82) is 0 Å². The van der Waals surface area contributed by atoms with E-state index in [-0.39, 0.29) is 5.91 Å². The van der Waals surface area contributed by atoms with E-state index in [1.807, 2.05) is 12.1 Å². The van der Waals surface area contributed by atoms with Crippen molar-refractivity contribution in [2.45, 2.75) is 19.4 Å². The highest BCUT2D eigenvalue weighted by atomic mass is 32.1. The van der Waals surface area contributed by atoms with Gasteiger partial charge in [-0.2, -0.15) is 0 Å². The number of carbonyl (C=O) groups is 1. The first-order valence-corrected chi connectivity index (χ1v) is 7.70. The lowest BCUT2D eigenvalue weighted by atomic mass is 10.1. The SMILES string of the molecule is CN(Cc1c(C(=O)NN)sc2ccccc12)CC1CC1. The highest BCUT2D eigenvalue weighted by Gasteiger charge is 2.24. The van der Waals surface area contributed by atoms with E-state index in [0.29, 0.717) is 0 Å². The summed E-state index contributed by atoms with van der Waals surface area (Å²) in [5, 5.41) is 1.17. The van der Waals surface area contributed by atoms with Gasteiger partial charge >= 0.3 is 0 Å². The largest absolute Gasteiger partial charge is 0.302 e. The lowest BCUT2D eigenvalue weighted by Crippen LogP contribution is -2.30. The molecule has 3 N–H and O–H groups in total. The molecule has 0 radical (unpaired) electrons. The molecule has 0 unspecified atom stereocenters. The molecule has 0 bridgehead atoms. The Morgan fingerprint density at radius 1 is 1.45 bits per heavy atom. The molecular formula is C15H19N3OS. The number of hydrogen-bond donors (Lipinski definition) is 2. The van der Waals surface area contributed by atoms with Crippen molar-refractivity contribution in [1.82, 2.24) is 10.3 Å². The molecule has 0 aliphatic heterocycles. The van der Waals surface area contributed by atoms with Gasteiger partial charge in [-0.1, -0.05) is 18.2 Å². The van der Waals surface area contributed by atoms with E-state index >= 15 is 0 Å². The van der Waals surface area contributed by atoms with Gasteiger partial charge in [-0.05, 0) is 42.8 Å². The van der Waals surface area contributed by atoms with Crippen LogP contribution in [0.3, 0.4) is 0 Å². The summed E-state index contributed by atoms with van der Waals surface area (Å²) < 4.78 is 1.14. The number of nitrogens with two attached hydrogens (primary N) is 1. The van der Waals surface area contributed by atoms with Gasteiger partial charge in [0, 0.05) is 17.8 Å². The van der Waals surface area contributed by atoms with E-state index < -0.39 is 0 Å². The zero-order valence-corrected chi connectivity index (χ0v) is 12.4. The third-order valence-electron chi connectivity index (χ3n) is 3.73. The van der Waals surface area contributed by atoms with Gasteiger partial charge in [-0.15, -0.1) is 11.3 Å². The van der Waals surface area contributed by atoms with Crippen molar-refractivity contribution in [2.75, 3.05) is 13.6 Å². The number of nitrogens with one attached hydrogen (secondary N) is 1. The number of benzene rings is 1. The van der Waals surface area contributed by atoms with Crippen molar-refractivity contribution in [3.63, 3.8) is 0 Å². The topological polar surface area (TPSA) is 58.4 Å². The van der Waals surface area contributed by atoms with Crippen LogP contribution in [-0.2, 0) is 6.54 Å². The highest BCUT2D eigenvalue weighted by Crippen LogP contribution is 2.34. The highest BCUT2D eigenvalue weighted by molar-refractivity contribution is 7.21. The Balaban J connectivity index is 1.94. The van der Waals surface area contributed by atoms with E-state index in [0.717, 1.165) is 34.1 Å². The van der Waals surface area contributed by atoms with Crippen LogP contribution in [0.2, 0.25) is 0 Å². The Morgan fingerprint density at radius 2 is 2.20 bits per heavy atom. The maximum absolute atomic E-state index is 12.0. The molecule has 0 spiro atoms. The summed E-state index contributed by atoms with van der Waals surface area (Å²) in [6.07, 6.45) is 2.68. The smallest absolute Gasteiger partial charge is 0.275 e. The fourth-order valence-electron chi connectivity index (χ4n) is 2.58. The van der Waals surface area contributed by atoms with Gasteiger partial charge in [0.15, 0.2) is 0 Å². The lowest BCUT2D eigenvalue weighted by molar-refractivity contribution is 0.0956. The third kappa shape index (κ3) is 2.70. The number of nitrogens with zero attached hydrogens (tertiary/aromatic N) is 1. The van der Waals surface area contributed by atoms with Crippen LogP contribution in [0.15, 0.2) is 24.3 Å². The molecule has 2 aromatic rings. The zero-order valence-electron chi connectivity index (χ0n) is 11.6. The molecule has 1 aliphatic carbocycles. The summed E-state index contributed by atoms with van der Waals surface area (Å²) in [7, 11) is 2.12. The van der Waals surface area contributed by atoms with Crippen LogP contribution in [0.5, 0.6) is 0 Å². The fourth-order valence-corrected chi connectivity index (χ4v) is 3.70. The van der Waals surface area contributed by atoms with Gasteiger partial charge < -0.3 is 4.90 Å². The van der Waals surface area contributed by atoms with Crippen LogP contribution >= 0.6 is 11.3 Å². The van der Waals surface area contributed by atoms with Crippen LogP contribution in [0, 0.1) is 5.92 Å². The molecular weight excluding hydrogens is 270 g/mol. The molecule has 1 saturated carbocycles. The normalized spacial score (nSPS) is 14.9. The molecule has 1 amide bonds. The van der Waals surface area contributed by atoms with Crippen molar-refractivity contribution in [3.8, 4) is 0 Å². The molecule has 1 heterocycles. The number of hydrazine groups is 1. The molecule has 4 nitrogen and oxygen atoms in total. The Hall–Kier alpha value is -1.43. The summed E-state index contributed by atoms with van der Waals surface area (Å²) in [6, 6.07) is 8.15.